The molecule has 1 aromatic heterocycles. The predicted octanol–water partition coefficient (Wildman–Crippen LogP) is 2.42. The number of aromatic nitrogens is 2. The molecule has 1 heterocycles. The molecule has 1 amide bonds. The quantitative estimate of drug-likeness (QED) is 0.907. The van der Waals surface area contributed by atoms with Gasteiger partial charge in [0.05, 0.1) is 12.1 Å². The third kappa shape index (κ3) is 2.47. The van der Waals surface area contributed by atoms with Crippen molar-refractivity contribution >= 4 is 29.1 Å². The molecule has 0 saturated heterocycles. The number of halogens is 2. The first-order chi connectivity index (χ1) is 10.4. The second-order valence-electron chi connectivity index (χ2n) is 5.22. The van der Waals surface area contributed by atoms with Gasteiger partial charge in [-0.1, -0.05) is 28.4 Å². The van der Waals surface area contributed by atoms with Gasteiger partial charge in [-0.25, -0.2) is 0 Å². The topological polar surface area (TPSA) is 79.5 Å². The number of likely N-dealkylation sites (N-methyl/N-ethyl adjacent to an activating group) is 1. The van der Waals surface area contributed by atoms with Gasteiger partial charge < -0.3 is 14.5 Å². The number of rotatable bonds is 2. The summed E-state index contributed by atoms with van der Waals surface area (Å²) in [4.78, 5) is 17.7. The first-order valence-electron chi connectivity index (χ1n) is 6.62. The van der Waals surface area contributed by atoms with Gasteiger partial charge >= 0.3 is 0 Å². The van der Waals surface area contributed by atoms with Crippen LogP contribution in [-0.4, -0.2) is 39.2 Å². The van der Waals surface area contributed by atoms with E-state index in [-0.39, 0.29) is 5.82 Å². The number of nitrogens with zero attached hydrogens (tertiary/aromatic N) is 3. The summed E-state index contributed by atoms with van der Waals surface area (Å²) in [5, 5.41) is 14.9. The van der Waals surface area contributed by atoms with Gasteiger partial charge in [0.2, 0.25) is 5.89 Å². The van der Waals surface area contributed by atoms with Gasteiger partial charge in [-0.3, -0.25) is 4.79 Å². The summed E-state index contributed by atoms with van der Waals surface area (Å²) in [6.45, 7) is 1.60. The molecule has 2 atom stereocenters. The van der Waals surface area contributed by atoms with Crippen molar-refractivity contribution in [2.75, 3.05) is 7.05 Å². The SMILES string of the molecule is Cc1nc(C(=O)N(C)C2c3cc(Cl)cc(Cl)c3CC2O)no1. The molecular weight excluding hydrogens is 329 g/mol. The van der Waals surface area contributed by atoms with Crippen LogP contribution < -0.4 is 0 Å². The number of carbonyl (C=O) groups excluding carboxylic acids is 1. The molecule has 3 rings (SSSR count). The van der Waals surface area contributed by atoms with E-state index in [1.54, 1.807) is 26.1 Å². The Bertz CT molecular complexity index is 747. The van der Waals surface area contributed by atoms with E-state index in [1.165, 1.54) is 4.90 Å². The van der Waals surface area contributed by atoms with Gasteiger partial charge in [0.25, 0.3) is 11.7 Å². The van der Waals surface area contributed by atoms with E-state index in [9.17, 15) is 9.90 Å². The molecule has 8 heteroatoms. The Hall–Kier alpha value is -1.63. The third-order valence-corrected chi connectivity index (χ3v) is 4.30. The molecule has 0 aliphatic heterocycles. The van der Waals surface area contributed by atoms with E-state index in [0.717, 1.165) is 11.1 Å². The van der Waals surface area contributed by atoms with Crippen molar-refractivity contribution in [3.05, 3.63) is 45.0 Å². The zero-order chi connectivity index (χ0) is 16.0. The van der Waals surface area contributed by atoms with Crippen molar-refractivity contribution < 1.29 is 14.4 Å². The number of aliphatic hydroxyl groups is 1. The minimum absolute atomic E-state index is 0.0474. The molecule has 22 heavy (non-hydrogen) atoms. The van der Waals surface area contributed by atoms with E-state index < -0.39 is 18.1 Å². The van der Waals surface area contributed by atoms with Gasteiger partial charge in [0, 0.05) is 30.4 Å². The second kappa shape index (κ2) is 5.53. The number of amides is 1. The zero-order valence-electron chi connectivity index (χ0n) is 11.9. The van der Waals surface area contributed by atoms with E-state index in [0.29, 0.717) is 22.4 Å². The van der Waals surface area contributed by atoms with Gasteiger partial charge in [-0.15, -0.1) is 0 Å². The Balaban J connectivity index is 1.97. The number of benzene rings is 1. The molecule has 0 spiro atoms. The standard InChI is InChI=1S/C14H13Cl2N3O3/c1-6-17-13(18-22-6)14(21)19(2)12-9-3-7(15)4-10(16)8(9)5-11(12)20/h3-4,11-12,20H,5H2,1-2H3. The van der Waals surface area contributed by atoms with Crippen LogP contribution >= 0.6 is 23.2 Å². The highest BCUT2D eigenvalue weighted by atomic mass is 35.5. The van der Waals surface area contributed by atoms with Crippen LogP contribution in [0.3, 0.4) is 0 Å². The maximum absolute atomic E-state index is 12.4. The number of aryl methyl sites for hydroxylation is 1. The summed E-state index contributed by atoms with van der Waals surface area (Å²) in [5.74, 6) is -0.186. The molecule has 0 saturated carbocycles. The van der Waals surface area contributed by atoms with Crippen LogP contribution in [0.15, 0.2) is 16.7 Å². The summed E-state index contributed by atoms with van der Waals surface area (Å²) >= 11 is 12.2. The monoisotopic (exact) mass is 341 g/mol. The highest BCUT2D eigenvalue weighted by molar-refractivity contribution is 6.35. The molecule has 1 aliphatic carbocycles. The third-order valence-electron chi connectivity index (χ3n) is 3.75. The smallest absolute Gasteiger partial charge is 0.295 e. The Kier molecular flexibility index (Phi) is 3.84. The summed E-state index contributed by atoms with van der Waals surface area (Å²) in [7, 11) is 1.58. The Labute approximate surface area is 136 Å². The summed E-state index contributed by atoms with van der Waals surface area (Å²) in [5.41, 5.74) is 1.54. The van der Waals surface area contributed by atoms with Crippen molar-refractivity contribution in [1.82, 2.24) is 15.0 Å². The molecule has 6 nitrogen and oxygen atoms in total. The average molecular weight is 342 g/mol. The van der Waals surface area contributed by atoms with Crippen molar-refractivity contribution in [2.24, 2.45) is 0 Å². The second-order valence-corrected chi connectivity index (χ2v) is 6.07. The van der Waals surface area contributed by atoms with Crippen molar-refractivity contribution in [1.29, 1.82) is 0 Å². The van der Waals surface area contributed by atoms with Crippen LogP contribution in [0, 0.1) is 6.92 Å². The molecule has 0 bridgehead atoms. The highest BCUT2D eigenvalue weighted by Crippen LogP contribution is 2.41. The van der Waals surface area contributed by atoms with Crippen LogP contribution in [0.25, 0.3) is 0 Å². The zero-order valence-corrected chi connectivity index (χ0v) is 13.4. The number of hydrogen-bond acceptors (Lipinski definition) is 5. The van der Waals surface area contributed by atoms with Crippen molar-refractivity contribution in [3.8, 4) is 0 Å². The lowest BCUT2D eigenvalue weighted by molar-refractivity contribution is 0.0484. The fraction of sp³-hybridized carbons (Fsp3) is 0.357. The fourth-order valence-electron chi connectivity index (χ4n) is 2.77. The lowest BCUT2D eigenvalue weighted by atomic mass is 10.1. The van der Waals surface area contributed by atoms with Crippen molar-refractivity contribution in [3.63, 3.8) is 0 Å². The predicted molar refractivity (Wildman–Crippen MR) is 80.0 cm³/mol. The maximum atomic E-state index is 12.4. The number of carbonyl (C=O) groups is 1. The maximum Gasteiger partial charge on any atom is 0.295 e. The first kappa shape index (κ1) is 15.3. The minimum atomic E-state index is -0.770. The highest BCUT2D eigenvalue weighted by Gasteiger charge is 2.38. The van der Waals surface area contributed by atoms with E-state index in [2.05, 4.69) is 10.1 Å². The molecule has 116 valence electrons. The summed E-state index contributed by atoms with van der Waals surface area (Å²) in [6, 6.07) is 2.79. The molecular formula is C14H13Cl2N3O3. The number of hydrogen-bond donors (Lipinski definition) is 1. The van der Waals surface area contributed by atoms with E-state index in [1.807, 2.05) is 0 Å². The largest absolute Gasteiger partial charge is 0.390 e. The van der Waals surface area contributed by atoms with E-state index in [4.69, 9.17) is 27.7 Å². The molecule has 1 aromatic carbocycles. The molecule has 1 aliphatic rings. The summed E-state index contributed by atoms with van der Waals surface area (Å²) in [6.07, 6.45) is -0.410. The molecule has 0 radical (unpaired) electrons. The van der Waals surface area contributed by atoms with Crippen LogP contribution in [0.4, 0.5) is 0 Å². The van der Waals surface area contributed by atoms with Gasteiger partial charge in [0.1, 0.15) is 0 Å². The molecule has 1 N–H and O–H groups in total. The Morgan fingerprint density at radius 1 is 1.45 bits per heavy atom. The lowest BCUT2D eigenvalue weighted by Gasteiger charge is -2.27. The van der Waals surface area contributed by atoms with Crippen LogP contribution in [0.2, 0.25) is 10.0 Å². The minimum Gasteiger partial charge on any atom is -0.390 e. The molecule has 2 aromatic rings. The Morgan fingerprint density at radius 2 is 2.18 bits per heavy atom. The Morgan fingerprint density at radius 3 is 2.82 bits per heavy atom. The van der Waals surface area contributed by atoms with Crippen LogP contribution in [-0.2, 0) is 6.42 Å². The summed E-state index contributed by atoms with van der Waals surface area (Å²) < 4.78 is 4.82. The molecule has 0 fully saturated rings. The first-order valence-corrected chi connectivity index (χ1v) is 7.37. The van der Waals surface area contributed by atoms with Crippen LogP contribution in [0.1, 0.15) is 33.7 Å². The average Bonchev–Trinajstić information content (AvgIpc) is 3.01. The van der Waals surface area contributed by atoms with E-state index >= 15 is 0 Å². The lowest BCUT2D eigenvalue weighted by Crippen LogP contribution is -2.36. The number of aliphatic hydroxyl groups excluding tert-OH is 1. The van der Waals surface area contributed by atoms with Crippen molar-refractivity contribution in [2.45, 2.75) is 25.5 Å². The normalized spacial score (nSPS) is 20.0. The van der Waals surface area contributed by atoms with Gasteiger partial charge in [-0.05, 0) is 23.3 Å². The fourth-order valence-corrected chi connectivity index (χ4v) is 3.35. The molecule has 2 unspecified atom stereocenters. The number of fused-ring (bicyclic) bond motifs is 1. The van der Waals surface area contributed by atoms with Gasteiger partial charge in [-0.2, -0.15) is 4.98 Å². The van der Waals surface area contributed by atoms with Gasteiger partial charge in [0.15, 0.2) is 0 Å². The van der Waals surface area contributed by atoms with Crippen LogP contribution in [0.5, 0.6) is 0 Å².